The third-order valence-electron chi connectivity index (χ3n) is 4.68. The molecular weight excluding hydrogens is 373 g/mol. The summed E-state index contributed by atoms with van der Waals surface area (Å²) in [7, 11) is -3.83. The van der Waals surface area contributed by atoms with E-state index >= 15 is 0 Å². The highest BCUT2D eigenvalue weighted by molar-refractivity contribution is 7.89. The summed E-state index contributed by atoms with van der Waals surface area (Å²) in [5.74, 6) is -0.278. The Morgan fingerprint density at radius 3 is 2.41 bits per heavy atom. The zero-order valence-electron chi connectivity index (χ0n) is 14.8. The van der Waals surface area contributed by atoms with E-state index in [9.17, 15) is 22.9 Å². The lowest BCUT2D eigenvalue weighted by Gasteiger charge is -2.34. The Bertz CT molecular complexity index is 957. The molecule has 1 heterocycles. The molecule has 3 rings (SSSR count). The van der Waals surface area contributed by atoms with Crippen molar-refractivity contribution < 1.29 is 17.7 Å². The summed E-state index contributed by atoms with van der Waals surface area (Å²) in [6.45, 7) is 3.45. The molecule has 0 aromatic heterocycles. The molecule has 0 atom stereocenters. The molecule has 144 valence electrons. The maximum atomic E-state index is 13.8. The second kappa shape index (κ2) is 7.71. The lowest BCUT2D eigenvalue weighted by atomic mass is 10.2. The number of aryl methyl sites for hydroxylation is 1. The van der Waals surface area contributed by atoms with Crippen LogP contribution in [0.25, 0.3) is 0 Å². The SMILES string of the molecule is Cc1ccc([N+](=O)[O-])cc1S(=O)(=O)N1CCN(Cc2ccccc2F)CC1. The van der Waals surface area contributed by atoms with Crippen LogP contribution in [-0.4, -0.2) is 48.7 Å². The first-order chi connectivity index (χ1) is 12.8. The van der Waals surface area contributed by atoms with Gasteiger partial charge in [-0.15, -0.1) is 0 Å². The molecule has 0 unspecified atom stereocenters. The van der Waals surface area contributed by atoms with E-state index in [0.29, 0.717) is 30.8 Å². The zero-order chi connectivity index (χ0) is 19.6. The number of nitro benzene ring substituents is 1. The van der Waals surface area contributed by atoms with Gasteiger partial charge in [0, 0.05) is 50.4 Å². The van der Waals surface area contributed by atoms with Gasteiger partial charge in [-0.25, -0.2) is 12.8 Å². The van der Waals surface area contributed by atoms with Crippen LogP contribution in [0.4, 0.5) is 10.1 Å². The minimum atomic E-state index is -3.83. The van der Waals surface area contributed by atoms with Crippen molar-refractivity contribution in [2.45, 2.75) is 18.4 Å². The summed E-state index contributed by atoms with van der Waals surface area (Å²) in [5.41, 5.74) is 0.787. The molecule has 1 fully saturated rings. The first kappa shape index (κ1) is 19.4. The van der Waals surface area contributed by atoms with Crippen LogP contribution in [0, 0.1) is 22.9 Å². The lowest BCUT2D eigenvalue weighted by molar-refractivity contribution is -0.385. The van der Waals surface area contributed by atoms with E-state index in [1.165, 1.54) is 22.5 Å². The molecule has 0 saturated carbocycles. The van der Waals surface area contributed by atoms with Crippen LogP contribution in [0.1, 0.15) is 11.1 Å². The van der Waals surface area contributed by atoms with Crippen molar-refractivity contribution in [1.82, 2.24) is 9.21 Å². The number of non-ortho nitro benzene ring substituents is 1. The summed E-state index contributed by atoms with van der Waals surface area (Å²) in [6, 6.07) is 10.4. The number of sulfonamides is 1. The van der Waals surface area contributed by atoms with Crippen molar-refractivity contribution >= 4 is 15.7 Å². The second-order valence-electron chi connectivity index (χ2n) is 6.48. The number of halogens is 1. The Morgan fingerprint density at radius 2 is 1.78 bits per heavy atom. The lowest BCUT2D eigenvalue weighted by Crippen LogP contribution is -2.48. The van der Waals surface area contributed by atoms with Crippen molar-refractivity contribution in [1.29, 1.82) is 0 Å². The first-order valence-corrected chi connectivity index (χ1v) is 9.94. The molecule has 0 N–H and O–H groups in total. The molecule has 2 aromatic carbocycles. The van der Waals surface area contributed by atoms with E-state index < -0.39 is 14.9 Å². The van der Waals surface area contributed by atoms with Crippen LogP contribution in [0.3, 0.4) is 0 Å². The van der Waals surface area contributed by atoms with Crippen LogP contribution in [-0.2, 0) is 16.6 Å². The highest BCUT2D eigenvalue weighted by atomic mass is 32.2. The van der Waals surface area contributed by atoms with Gasteiger partial charge in [0.25, 0.3) is 5.69 Å². The van der Waals surface area contributed by atoms with E-state index in [1.54, 1.807) is 25.1 Å². The smallest absolute Gasteiger partial charge is 0.270 e. The quantitative estimate of drug-likeness (QED) is 0.576. The molecule has 2 aromatic rings. The van der Waals surface area contributed by atoms with Crippen molar-refractivity contribution in [3.63, 3.8) is 0 Å². The average Bonchev–Trinajstić information content (AvgIpc) is 2.64. The Morgan fingerprint density at radius 1 is 1.11 bits per heavy atom. The van der Waals surface area contributed by atoms with E-state index in [-0.39, 0.29) is 29.5 Å². The van der Waals surface area contributed by atoms with Gasteiger partial charge in [0.1, 0.15) is 5.82 Å². The molecule has 9 heteroatoms. The van der Waals surface area contributed by atoms with Crippen molar-refractivity contribution in [2.75, 3.05) is 26.2 Å². The van der Waals surface area contributed by atoms with E-state index in [2.05, 4.69) is 0 Å². The molecule has 1 aliphatic heterocycles. The van der Waals surface area contributed by atoms with Gasteiger partial charge in [-0.1, -0.05) is 24.3 Å². The normalized spacial score (nSPS) is 16.4. The van der Waals surface area contributed by atoms with Crippen LogP contribution >= 0.6 is 0 Å². The Balaban J connectivity index is 1.73. The summed E-state index contributed by atoms with van der Waals surface area (Å²) < 4.78 is 41.0. The van der Waals surface area contributed by atoms with Gasteiger partial charge < -0.3 is 0 Å². The highest BCUT2D eigenvalue weighted by Crippen LogP contribution is 2.26. The predicted octanol–water partition coefficient (Wildman–Crippen LogP) is 2.55. The molecule has 0 bridgehead atoms. The van der Waals surface area contributed by atoms with E-state index in [1.807, 2.05) is 4.90 Å². The van der Waals surface area contributed by atoms with Gasteiger partial charge in [0.15, 0.2) is 0 Å². The molecular formula is C18H20FN3O4S. The maximum absolute atomic E-state index is 13.8. The molecule has 7 nitrogen and oxygen atoms in total. The Hall–Kier alpha value is -2.36. The van der Waals surface area contributed by atoms with Crippen molar-refractivity contribution in [3.8, 4) is 0 Å². The molecule has 0 spiro atoms. The van der Waals surface area contributed by atoms with Gasteiger partial charge >= 0.3 is 0 Å². The van der Waals surface area contributed by atoms with Crippen LogP contribution in [0.5, 0.6) is 0 Å². The second-order valence-corrected chi connectivity index (χ2v) is 8.38. The largest absolute Gasteiger partial charge is 0.296 e. The Kier molecular flexibility index (Phi) is 5.54. The minimum Gasteiger partial charge on any atom is -0.296 e. The number of benzene rings is 2. The summed E-state index contributed by atoms with van der Waals surface area (Å²) in [6.07, 6.45) is 0. The van der Waals surface area contributed by atoms with Crippen LogP contribution < -0.4 is 0 Å². The van der Waals surface area contributed by atoms with Crippen molar-refractivity contribution in [2.24, 2.45) is 0 Å². The van der Waals surface area contributed by atoms with Gasteiger partial charge in [0.05, 0.1) is 9.82 Å². The number of piperazine rings is 1. The molecule has 0 aliphatic carbocycles. The van der Waals surface area contributed by atoms with Gasteiger partial charge in [-0.2, -0.15) is 4.31 Å². The summed E-state index contributed by atoms with van der Waals surface area (Å²) in [4.78, 5) is 12.3. The fourth-order valence-electron chi connectivity index (χ4n) is 3.11. The summed E-state index contributed by atoms with van der Waals surface area (Å²) >= 11 is 0. The molecule has 0 amide bonds. The number of rotatable bonds is 5. The first-order valence-electron chi connectivity index (χ1n) is 8.50. The average molecular weight is 393 g/mol. The third kappa shape index (κ3) is 4.15. The standard InChI is InChI=1S/C18H20FN3O4S/c1-14-6-7-16(22(23)24)12-18(14)27(25,26)21-10-8-20(9-11-21)13-15-4-2-3-5-17(15)19/h2-7,12H,8-11,13H2,1H3. The van der Waals surface area contributed by atoms with Gasteiger partial charge in [0.2, 0.25) is 10.0 Å². The number of hydrogen-bond donors (Lipinski definition) is 0. The van der Waals surface area contributed by atoms with Crippen molar-refractivity contribution in [3.05, 3.63) is 69.5 Å². The fraction of sp³-hybridized carbons (Fsp3) is 0.333. The van der Waals surface area contributed by atoms with Crippen LogP contribution in [0.2, 0.25) is 0 Å². The number of nitrogens with zero attached hydrogens (tertiary/aromatic N) is 3. The highest BCUT2D eigenvalue weighted by Gasteiger charge is 2.31. The van der Waals surface area contributed by atoms with Gasteiger partial charge in [-0.3, -0.25) is 15.0 Å². The molecule has 1 saturated heterocycles. The molecule has 27 heavy (non-hydrogen) atoms. The van der Waals surface area contributed by atoms with Gasteiger partial charge in [-0.05, 0) is 18.6 Å². The predicted molar refractivity (Wildman–Crippen MR) is 98.3 cm³/mol. The number of hydrogen-bond acceptors (Lipinski definition) is 5. The summed E-state index contributed by atoms with van der Waals surface area (Å²) in [5, 5.41) is 11.0. The number of nitro groups is 1. The topological polar surface area (TPSA) is 83.8 Å². The minimum absolute atomic E-state index is 0.0424. The van der Waals surface area contributed by atoms with Crippen LogP contribution in [0.15, 0.2) is 47.4 Å². The fourth-order valence-corrected chi connectivity index (χ4v) is 4.78. The maximum Gasteiger partial charge on any atom is 0.270 e. The Labute approximate surface area is 157 Å². The van der Waals surface area contributed by atoms with E-state index in [0.717, 1.165) is 6.07 Å². The monoisotopic (exact) mass is 393 g/mol. The zero-order valence-corrected chi connectivity index (χ0v) is 15.7. The molecule has 0 radical (unpaired) electrons. The molecule has 1 aliphatic rings. The van der Waals surface area contributed by atoms with E-state index in [4.69, 9.17) is 0 Å². The third-order valence-corrected chi connectivity index (χ3v) is 6.72.